The van der Waals surface area contributed by atoms with E-state index in [1.54, 1.807) is 11.0 Å². The molecule has 106 valence electrons. The second-order valence-corrected chi connectivity index (χ2v) is 4.70. The van der Waals surface area contributed by atoms with Crippen LogP contribution in [-0.2, 0) is 11.3 Å². The van der Waals surface area contributed by atoms with Crippen molar-refractivity contribution in [2.75, 3.05) is 39.3 Å². The molecule has 1 aromatic heterocycles. The van der Waals surface area contributed by atoms with Crippen LogP contribution in [0, 0.1) is 0 Å². The Kier molecular flexibility index (Phi) is 5.77. The lowest BCUT2D eigenvalue weighted by molar-refractivity contribution is -0.121. The molecule has 0 aliphatic carbocycles. The minimum atomic E-state index is 0.0795. The molecule has 7 nitrogen and oxygen atoms in total. The van der Waals surface area contributed by atoms with Gasteiger partial charge < -0.3 is 15.5 Å². The second kappa shape index (κ2) is 7.85. The maximum atomic E-state index is 11.6. The zero-order chi connectivity index (χ0) is 13.3. The number of aromatic nitrogens is 3. The first-order valence-corrected chi connectivity index (χ1v) is 6.87. The van der Waals surface area contributed by atoms with E-state index < -0.39 is 0 Å². The number of nitrogens with one attached hydrogen (secondary N) is 2. The van der Waals surface area contributed by atoms with Crippen LogP contribution < -0.4 is 10.6 Å². The monoisotopic (exact) mass is 266 g/mol. The van der Waals surface area contributed by atoms with Crippen LogP contribution in [0.15, 0.2) is 12.7 Å². The average molecular weight is 266 g/mol. The van der Waals surface area contributed by atoms with Crippen molar-refractivity contribution in [2.24, 2.45) is 0 Å². The van der Waals surface area contributed by atoms with Crippen molar-refractivity contribution in [3.63, 3.8) is 0 Å². The Bertz CT molecular complexity index is 360. The van der Waals surface area contributed by atoms with Crippen LogP contribution in [0.2, 0.25) is 0 Å². The summed E-state index contributed by atoms with van der Waals surface area (Å²) in [5, 5.41) is 10.2. The molecule has 19 heavy (non-hydrogen) atoms. The Morgan fingerprint density at radius 1 is 1.32 bits per heavy atom. The van der Waals surface area contributed by atoms with Gasteiger partial charge >= 0.3 is 0 Å². The number of aryl methyl sites for hydroxylation is 1. The highest BCUT2D eigenvalue weighted by Gasteiger charge is 2.08. The van der Waals surface area contributed by atoms with Gasteiger partial charge in [0.2, 0.25) is 5.91 Å². The van der Waals surface area contributed by atoms with Crippen molar-refractivity contribution in [3.8, 4) is 0 Å². The van der Waals surface area contributed by atoms with E-state index in [1.165, 1.54) is 6.33 Å². The summed E-state index contributed by atoms with van der Waals surface area (Å²) < 4.78 is 1.67. The fraction of sp³-hybridized carbons (Fsp3) is 0.750. The molecular weight excluding hydrogens is 244 g/mol. The molecule has 2 heterocycles. The summed E-state index contributed by atoms with van der Waals surface area (Å²) in [5.74, 6) is 0.0795. The van der Waals surface area contributed by atoms with Gasteiger partial charge in [-0.25, -0.2) is 4.98 Å². The lowest BCUT2D eigenvalue weighted by Gasteiger charge is -2.27. The Morgan fingerprint density at radius 3 is 2.89 bits per heavy atom. The zero-order valence-electron chi connectivity index (χ0n) is 11.2. The number of carbonyl (C=O) groups excluding carboxylic acids is 1. The number of piperazine rings is 1. The highest BCUT2D eigenvalue weighted by molar-refractivity contribution is 5.75. The van der Waals surface area contributed by atoms with Gasteiger partial charge in [-0.1, -0.05) is 0 Å². The van der Waals surface area contributed by atoms with Gasteiger partial charge in [0.05, 0.1) is 6.54 Å². The van der Waals surface area contributed by atoms with Crippen molar-refractivity contribution >= 4 is 5.91 Å². The van der Waals surface area contributed by atoms with Crippen LogP contribution in [0.4, 0.5) is 0 Å². The normalized spacial score (nSPS) is 16.4. The third kappa shape index (κ3) is 5.35. The van der Waals surface area contributed by atoms with Crippen molar-refractivity contribution in [1.82, 2.24) is 30.3 Å². The molecular formula is C12H22N6O. The second-order valence-electron chi connectivity index (χ2n) is 4.70. The molecule has 7 heteroatoms. The standard InChI is InChI=1S/C12H22N6O/c19-12(2-7-18-11-14-10-16-18)15-3-1-6-17-8-4-13-5-9-17/h10-11,13H,1-9H2,(H,15,19). The lowest BCUT2D eigenvalue weighted by atomic mass is 10.3. The van der Waals surface area contributed by atoms with E-state index in [2.05, 4.69) is 25.6 Å². The molecule has 1 fully saturated rings. The number of hydrogen-bond acceptors (Lipinski definition) is 5. The quantitative estimate of drug-likeness (QED) is 0.624. The molecule has 0 spiro atoms. The van der Waals surface area contributed by atoms with E-state index in [0.717, 1.165) is 45.7 Å². The molecule has 2 rings (SSSR count). The smallest absolute Gasteiger partial charge is 0.221 e. The van der Waals surface area contributed by atoms with E-state index in [9.17, 15) is 4.79 Å². The van der Waals surface area contributed by atoms with Crippen molar-refractivity contribution in [3.05, 3.63) is 12.7 Å². The number of rotatable bonds is 7. The molecule has 0 bridgehead atoms. The van der Waals surface area contributed by atoms with Crippen LogP contribution >= 0.6 is 0 Å². The summed E-state index contributed by atoms with van der Waals surface area (Å²) >= 11 is 0. The SMILES string of the molecule is O=C(CCn1cncn1)NCCCN1CCNCC1. The molecule has 1 saturated heterocycles. The Labute approximate surface area is 113 Å². The van der Waals surface area contributed by atoms with Crippen molar-refractivity contribution in [1.29, 1.82) is 0 Å². The fourth-order valence-corrected chi connectivity index (χ4v) is 2.12. The zero-order valence-corrected chi connectivity index (χ0v) is 11.2. The molecule has 1 aromatic rings. The van der Waals surface area contributed by atoms with E-state index >= 15 is 0 Å². The summed E-state index contributed by atoms with van der Waals surface area (Å²) in [6.07, 6.45) is 4.56. The molecule has 0 aromatic carbocycles. The van der Waals surface area contributed by atoms with Gasteiger partial charge in [0.1, 0.15) is 12.7 Å². The van der Waals surface area contributed by atoms with Crippen LogP contribution in [0.25, 0.3) is 0 Å². The molecule has 0 atom stereocenters. The van der Waals surface area contributed by atoms with Gasteiger partial charge in [0.25, 0.3) is 0 Å². The molecule has 1 amide bonds. The van der Waals surface area contributed by atoms with Crippen LogP contribution in [0.1, 0.15) is 12.8 Å². The van der Waals surface area contributed by atoms with Crippen molar-refractivity contribution < 1.29 is 4.79 Å². The summed E-state index contributed by atoms with van der Waals surface area (Å²) in [5.41, 5.74) is 0. The van der Waals surface area contributed by atoms with E-state index in [-0.39, 0.29) is 5.91 Å². The number of hydrogen-bond donors (Lipinski definition) is 2. The van der Waals surface area contributed by atoms with Gasteiger partial charge in [-0.2, -0.15) is 5.10 Å². The first kappa shape index (κ1) is 14.0. The highest BCUT2D eigenvalue weighted by atomic mass is 16.1. The molecule has 0 radical (unpaired) electrons. The van der Waals surface area contributed by atoms with Gasteiger partial charge in [-0.15, -0.1) is 0 Å². The first-order chi connectivity index (χ1) is 9.34. The Morgan fingerprint density at radius 2 is 2.16 bits per heavy atom. The van der Waals surface area contributed by atoms with Crippen LogP contribution in [0.5, 0.6) is 0 Å². The largest absolute Gasteiger partial charge is 0.356 e. The summed E-state index contributed by atoms with van der Waals surface area (Å²) in [4.78, 5) is 17.9. The minimum Gasteiger partial charge on any atom is -0.356 e. The molecule has 1 aliphatic heterocycles. The summed E-state index contributed by atoms with van der Waals surface area (Å²) in [6, 6.07) is 0. The molecule has 0 unspecified atom stereocenters. The number of amides is 1. The number of nitrogens with zero attached hydrogens (tertiary/aromatic N) is 4. The third-order valence-corrected chi connectivity index (χ3v) is 3.22. The Balaban J connectivity index is 1.49. The number of carbonyl (C=O) groups is 1. The predicted molar refractivity (Wildman–Crippen MR) is 71.6 cm³/mol. The minimum absolute atomic E-state index is 0.0795. The molecule has 1 aliphatic rings. The highest BCUT2D eigenvalue weighted by Crippen LogP contribution is 1.94. The maximum absolute atomic E-state index is 11.6. The van der Waals surface area contributed by atoms with E-state index in [1.807, 2.05) is 0 Å². The molecule has 0 saturated carbocycles. The average Bonchev–Trinajstić information content (AvgIpc) is 2.96. The third-order valence-electron chi connectivity index (χ3n) is 3.22. The summed E-state index contributed by atoms with van der Waals surface area (Å²) in [7, 11) is 0. The van der Waals surface area contributed by atoms with Crippen LogP contribution in [0.3, 0.4) is 0 Å². The van der Waals surface area contributed by atoms with Gasteiger partial charge in [-0.05, 0) is 13.0 Å². The van der Waals surface area contributed by atoms with Crippen molar-refractivity contribution in [2.45, 2.75) is 19.4 Å². The Hall–Kier alpha value is -1.47. The lowest BCUT2D eigenvalue weighted by Crippen LogP contribution is -2.44. The van der Waals surface area contributed by atoms with Gasteiger partial charge in [0.15, 0.2) is 0 Å². The fourth-order valence-electron chi connectivity index (χ4n) is 2.12. The topological polar surface area (TPSA) is 75.1 Å². The van der Waals surface area contributed by atoms with Gasteiger partial charge in [-0.3, -0.25) is 9.48 Å². The van der Waals surface area contributed by atoms with Crippen LogP contribution in [-0.4, -0.2) is 64.8 Å². The molecule has 2 N–H and O–H groups in total. The maximum Gasteiger partial charge on any atom is 0.221 e. The van der Waals surface area contributed by atoms with Gasteiger partial charge in [0, 0.05) is 39.1 Å². The first-order valence-electron chi connectivity index (χ1n) is 6.87. The predicted octanol–water partition coefficient (Wildman–Crippen LogP) is -0.920. The van der Waals surface area contributed by atoms with E-state index in [0.29, 0.717) is 13.0 Å². The summed E-state index contributed by atoms with van der Waals surface area (Å²) in [6.45, 7) is 6.77. The van der Waals surface area contributed by atoms with E-state index in [4.69, 9.17) is 0 Å².